The summed E-state index contributed by atoms with van der Waals surface area (Å²) in [5.41, 5.74) is 0.0578. The lowest BCUT2D eigenvalue weighted by Crippen LogP contribution is -2.52. The molecule has 0 spiro atoms. The number of carbonyl (C=O) groups excluding carboxylic acids is 2. The van der Waals surface area contributed by atoms with E-state index in [1.54, 1.807) is 4.90 Å². The molecule has 2 N–H and O–H groups in total. The molecule has 7 nitrogen and oxygen atoms in total. The first kappa shape index (κ1) is 15.0. The van der Waals surface area contributed by atoms with Crippen LogP contribution in [0.25, 0.3) is 0 Å². The van der Waals surface area contributed by atoms with Gasteiger partial charge in [0.1, 0.15) is 11.8 Å². The van der Waals surface area contributed by atoms with Crippen LogP contribution in [0.4, 0.5) is 0 Å². The zero-order valence-electron chi connectivity index (χ0n) is 12.7. The molecule has 120 valence electrons. The molecule has 2 heterocycles. The van der Waals surface area contributed by atoms with Gasteiger partial charge in [-0.05, 0) is 25.7 Å². The van der Waals surface area contributed by atoms with E-state index in [-0.39, 0.29) is 24.8 Å². The molecule has 0 radical (unpaired) electrons. The highest BCUT2D eigenvalue weighted by Crippen LogP contribution is 2.41. The summed E-state index contributed by atoms with van der Waals surface area (Å²) < 4.78 is 4.97. The van der Waals surface area contributed by atoms with Gasteiger partial charge in [0.25, 0.3) is 5.91 Å². The zero-order chi connectivity index (χ0) is 15.7. The molecule has 0 aromatic carbocycles. The quantitative estimate of drug-likeness (QED) is 0.851. The van der Waals surface area contributed by atoms with Crippen LogP contribution in [0.2, 0.25) is 0 Å². The lowest BCUT2D eigenvalue weighted by atomic mass is 9.89. The van der Waals surface area contributed by atoms with Gasteiger partial charge in [-0.2, -0.15) is 0 Å². The molecule has 1 unspecified atom stereocenters. The van der Waals surface area contributed by atoms with Gasteiger partial charge in [0.05, 0.1) is 24.3 Å². The summed E-state index contributed by atoms with van der Waals surface area (Å²) in [6.07, 6.45) is 4.65. The maximum absolute atomic E-state index is 12.7. The zero-order valence-corrected chi connectivity index (χ0v) is 12.7. The Kier molecular flexibility index (Phi) is 3.90. The van der Waals surface area contributed by atoms with Crippen molar-refractivity contribution < 1.29 is 19.2 Å². The van der Waals surface area contributed by atoms with Crippen molar-refractivity contribution in [3.63, 3.8) is 0 Å². The van der Waals surface area contributed by atoms with Crippen molar-refractivity contribution in [3.05, 3.63) is 17.5 Å². The fourth-order valence-electron chi connectivity index (χ4n) is 3.04. The van der Waals surface area contributed by atoms with E-state index in [9.17, 15) is 14.7 Å². The van der Waals surface area contributed by atoms with Crippen molar-refractivity contribution in [2.24, 2.45) is 0 Å². The summed E-state index contributed by atoms with van der Waals surface area (Å²) in [6, 6.07) is 0. The van der Waals surface area contributed by atoms with Crippen LogP contribution in [-0.2, 0) is 4.79 Å². The topological polar surface area (TPSA) is 95.7 Å². The summed E-state index contributed by atoms with van der Waals surface area (Å²) in [5.74, 6) is -0.0640. The fraction of sp³-hybridized carbons (Fsp3) is 0.667. The molecule has 1 atom stereocenters. The van der Waals surface area contributed by atoms with Gasteiger partial charge in [-0.3, -0.25) is 9.59 Å². The second-order valence-corrected chi connectivity index (χ2v) is 6.29. The highest BCUT2D eigenvalue weighted by atomic mass is 16.5. The molecule has 1 aliphatic carbocycles. The van der Waals surface area contributed by atoms with E-state index in [1.165, 1.54) is 13.3 Å². The number of piperidine rings is 1. The third-order valence-corrected chi connectivity index (χ3v) is 4.40. The fourth-order valence-corrected chi connectivity index (χ4v) is 3.04. The minimum atomic E-state index is -1.16. The van der Waals surface area contributed by atoms with Crippen LogP contribution in [0.15, 0.2) is 10.8 Å². The van der Waals surface area contributed by atoms with Gasteiger partial charge in [-0.25, -0.2) is 0 Å². The Bertz CT molecular complexity index is 581. The van der Waals surface area contributed by atoms with Gasteiger partial charge in [0.15, 0.2) is 0 Å². The highest BCUT2D eigenvalue weighted by molar-refractivity contribution is 5.95. The minimum absolute atomic E-state index is 0.00635. The van der Waals surface area contributed by atoms with Gasteiger partial charge >= 0.3 is 0 Å². The van der Waals surface area contributed by atoms with E-state index in [4.69, 9.17) is 4.52 Å². The Hall–Kier alpha value is -1.89. The van der Waals surface area contributed by atoms with Crippen molar-refractivity contribution in [1.82, 2.24) is 15.4 Å². The van der Waals surface area contributed by atoms with Crippen LogP contribution in [0, 0.1) is 0 Å². The second-order valence-electron chi connectivity index (χ2n) is 6.29. The number of likely N-dealkylation sites (tertiary alicyclic amines) is 1. The number of hydrogen-bond donors (Lipinski definition) is 2. The van der Waals surface area contributed by atoms with Crippen molar-refractivity contribution in [1.29, 1.82) is 0 Å². The molecule has 2 fully saturated rings. The van der Waals surface area contributed by atoms with Crippen molar-refractivity contribution in [2.45, 2.75) is 43.6 Å². The predicted molar refractivity (Wildman–Crippen MR) is 77.2 cm³/mol. The van der Waals surface area contributed by atoms with Crippen LogP contribution in [0.3, 0.4) is 0 Å². The monoisotopic (exact) mass is 307 g/mol. The molecule has 1 saturated carbocycles. The third kappa shape index (κ3) is 2.99. The van der Waals surface area contributed by atoms with Gasteiger partial charge in [-0.15, -0.1) is 0 Å². The van der Waals surface area contributed by atoms with E-state index >= 15 is 0 Å². The number of nitrogens with zero attached hydrogens (tertiary/aromatic N) is 2. The van der Waals surface area contributed by atoms with Crippen LogP contribution < -0.4 is 5.32 Å². The third-order valence-electron chi connectivity index (χ3n) is 4.40. The average molecular weight is 307 g/mol. The van der Waals surface area contributed by atoms with Crippen molar-refractivity contribution in [3.8, 4) is 0 Å². The number of β-amino-alcohol motifs (C(OH)–C–C–N with tert-alkyl or cyclic N) is 1. The average Bonchev–Trinajstić information content (AvgIpc) is 3.23. The lowest BCUT2D eigenvalue weighted by molar-refractivity contribution is -0.127. The lowest BCUT2D eigenvalue weighted by Gasteiger charge is -2.38. The number of carbonyl (C=O) groups is 2. The summed E-state index contributed by atoms with van der Waals surface area (Å²) in [7, 11) is 1.54. The number of nitrogens with one attached hydrogen (secondary N) is 1. The molecule has 1 aliphatic heterocycles. The van der Waals surface area contributed by atoms with Gasteiger partial charge in [-0.1, -0.05) is 5.16 Å². The van der Waals surface area contributed by atoms with Crippen LogP contribution in [0.1, 0.15) is 54.1 Å². The van der Waals surface area contributed by atoms with E-state index in [2.05, 4.69) is 10.5 Å². The molecule has 1 aromatic heterocycles. The standard InChI is InChI=1S/C15H21N3O4/c1-16-12(19)7-15(21)5-2-6-18(9-15)14(20)11-8-22-17-13(11)10-3-4-10/h8,10,21H,2-7,9H2,1H3,(H,16,19). The Balaban J connectivity index is 1.72. The number of amides is 2. The van der Waals surface area contributed by atoms with Crippen molar-refractivity contribution >= 4 is 11.8 Å². The van der Waals surface area contributed by atoms with E-state index < -0.39 is 5.60 Å². The Labute approximate surface area is 128 Å². The molecule has 1 saturated heterocycles. The summed E-state index contributed by atoms with van der Waals surface area (Å²) >= 11 is 0. The molecular formula is C15H21N3O4. The number of hydrogen-bond acceptors (Lipinski definition) is 5. The first-order valence-corrected chi connectivity index (χ1v) is 7.69. The largest absolute Gasteiger partial charge is 0.388 e. The van der Waals surface area contributed by atoms with E-state index in [1.807, 2.05) is 0 Å². The normalized spacial score (nSPS) is 25.1. The molecule has 22 heavy (non-hydrogen) atoms. The smallest absolute Gasteiger partial charge is 0.259 e. The molecule has 2 aliphatic rings. The summed E-state index contributed by atoms with van der Waals surface area (Å²) in [5, 5.41) is 17.0. The SMILES string of the molecule is CNC(=O)CC1(O)CCCN(C(=O)c2conc2C2CC2)C1. The van der Waals surface area contributed by atoms with Crippen LogP contribution >= 0.6 is 0 Å². The predicted octanol–water partition coefficient (Wildman–Crippen LogP) is 0.655. The summed E-state index contributed by atoms with van der Waals surface area (Å²) in [4.78, 5) is 25.8. The number of aliphatic hydroxyl groups is 1. The Morgan fingerprint density at radius 1 is 1.55 bits per heavy atom. The Morgan fingerprint density at radius 2 is 2.32 bits per heavy atom. The highest BCUT2D eigenvalue weighted by Gasteiger charge is 2.39. The van der Waals surface area contributed by atoms with Crippen LogP contribution in [0.5, 0.6) is 0 Å². The second kappa shape index (κ2) is 5.72. The molecule has 2 amide bonds. The van der Waals surface area contributed by atoms with E-state index in [0.29, 0.717) is 30.9 Å². The molecule has 1 aromatic rings. The maximum Gasteiger partial charge on any atom is 0.259 e. The van der Waals surface area contributed by atoms with Gasteiger partial charge < -0.3 is 19.8 Å². The molecule has 7 heteroatoms. The van der Waals surface area contributed by atoms with E-state index in [0.717, 1.165) is 18.5 Å². The summed E-state index contributed by atoms with van der Waals surface area (Å²) in [6.45, 7) is 0.735. The maximum atomic E-state index is 12.7. The molecule has 0 bridgehead atoms. The van der Waals surface area contributed by atoms with Gasteiger partial charge in [0, 0.05) is 19.5 Å². The number of aromatic nitrogens is 1. The minimum Gasteiger partial charge on any atom is -0.388 e. The first-order chi connectivity index (χ1) is 10.5. The first-order valence-electron chi connectivity index (χ1n) is 7.69. The molecular weight excluding hydrogens is 286 g/mol. The Morgan fingerprint density at radius 3 is 3.00 bits per heavy atom. The van der Waals surface area contributed by atoms with Crippen molar-refractivity contribution in [2.75, 3.05) is 20.1 Å². The van der Waals surface area contributed by atoms with Crippen LogP contribution in [-0.4, -0.2) is 52.7 Å². The number of rotatable bonds is 4. The van der Waals surface area contributed by atoms with Gasteiger partial charge in [0.2, 0.25) is 5.91 Å². The molecule has 3 rings (SSSR count).